The molecule has 4 heteroatoms. The minimum Gasteiger partial charge on any atom is -0.548 e. The molecule has 0 spiro atoms. The van der Waals surface area contributed by atoms with Crippen molar-refractivity contribution < 1.29 is 14.0 Å². The van der Waals surface area contributed by atoms with Crippen molar-refractivity contribution in [2.45, 2.75) is 38.9 Å². The Morgan fingerprint density at radius 3 is 2.42 bits per heavy atom. The van der Waals surface area contributed by atoms with Gasteiger partial charge in [-0.05, 0) is 24.2 Å². The Morgan fingerprint density at radius 1 is 1.16 bits per heavy atom. The maximum Gasteiger partial charge on any atom is 0.347 e. The molecule has 1 aliphatic heterocycles. The van der Waals surface area contributed by atoms with E-state index >= 15 is 0 Å². The quantitative estimate of drug-likeness (QED) is 0.268. The lowest BCUT2D eigenvalue weighted by atomic mass is 10.1. The van der Waals surface area contributed by atoms with E-state index in [4.69, 9.17) is 9.16 Å². The Hall–Kier alpha value is -1.55. The third kappa shape index (κ3) is 2.58. The van der Waals surface area contributed by atoms with Crippen molar-refractivity contribution in [2.24, 2.45) is 0 Å². The third-order valence-corrected chi connectivity index (χ3v) is 8.44. The molecule has 0 unspecified atom stereocenters. The molecule has 0 N–H and O–H groups in total. The number of hydrogen-bond donors (Lipinski definition) is 0. The summed E-state index contributed by atoms with van der Waals surface area (Å²) in [5.74, 6) is 0.312. The highest BCUT2D eigenvalue weighted by molar-refractivity contribution is 6.73. The summed E-state index contributed by atoms with van der Waals surface area (Å²) in [6.07, 6.45) is 1.64. The molecule has 0 saturated heterocycles. The van der Waals surface area contributed by atoms with Crippen LogP contribution in [0.5, 0.6) is 5.75 Å². The standard InChI is InChI=1S/C15H20O3Si/c1-4-19(5-2,6-3)17-11-13-12-9-7-8-10-14(12)18-15(13)16/h7-11H,4-6H2,1-3H3/b13-11-. The van der Waals surface area contributed by atoms with Crippen molar-refractivity contribution in [3.05, 3.63) is 36.1 Å². The Morgan fingerprint density at radius 2 is 1.79 bits per heavy atom. The van der Waals surface area contributed by atoms with Crippen molar-refractivity contribution in [3.8, 4) is 5.75 Å². The van der Waals surface area contributed by atoms with Gasteiger partial charge in [0.2, 0.25) is 8.32 Å². The van der Waals surface area contributed by atoms with Crippen molar-refractivity contribution in [1.82, 2.24) is 0 Å². The van der Waals surface area contributed by atoms with E-state index in [0.29, 0.717) is 11.3 Å². The minimum atomic E-state index is -1.72. The van der Waals surface area contributed by atoms with Gasteiger partial charge in [-0.25, -0.2) is 4.79 Å². The van der Waals surface area contributed by atoms with Gasteiger partial charge in [0.25, 0.3) is 0 Å². The van der Waals surface area contributed by atoms with E-state index in [9.17, 15) is 4.79 Å². The summed E-state index contributed by atoms with van der Waals surface area (Å²) in [4.78, 5) is 11.9. The fourth-order valence-electron chi connectivity index (χ4n) is 2.34. The zero-order valence-corrected chi connectivity index (χ0v) is 12.7. The second-order valence-electron chi connectivity index (χ2n) is 4.78. The summed E-state index contributed by atoms with van der Waals surface area (Å²) in [5, 5.41) is 0. The lowest BCUT2D eigenvalue weighted by molar-refractivity contribution is -0.127. The Labute approximate surface area is 115 Å². The summed E-state index contributed by atoms with van der Waals surface area (Å²) in [6, 6.07) is 10.6. The SMILES string of the molecule is CC[Si](CC)(CC)O/C=C1\C(=O)Oc2ccccc21. The molecular formula is C15H20O3Si. The normalized spacial score (nSPS) is 16.4. The van der Waals surface area contributed by atoms with Gasteiger partial charge >= 0.3 is 5.97 Å². The molecule has 0 fully saturated rings. The van der Waals surface area contributed by atoms with E-state index in [1.807, 2.05) is 18.2 Å². The first-order chi connectivity index (χ1) is 9.15. The molecule has 0 aliphatic carbocycles. The molecule has 0 atom stereocenters. The van der Waals surface area contributed by atoms with E-state index in [2.05, 4.69) is 20.8 Å². The number of ether oxygens (including phenoxy) is 1. The first-order valence-electron chi connectivity index (χ1n) is 6.85. The molecule has 1 aliphatic rings. The molecule has 1 aromatic carbocycles. The van der Waals surface area contributed by atoms with E-state index in [1.54, 1.807) is 12.3 Å². The summed E-state index contributed by atoms with van der Waals surface area (Å²) in [5.41, 5.74) is 1.38. The van der Waals surface area contributed by atoms with Crippen LogP contribution in [0, 0.1) is 0 Å². The topological polar surface area (TPSA) is 35.5 Å². The molecule has 3 nitrogen and oxygen atoms in total. The van der Waals surface area contributed by atoms with Crippen molar-refractivity contribution in [3.63, 3.8) is 0 Å². The number of rotatable bonds is 5. The molecule has 0 aromatic heterocycles. The van der Waals surface area contributed by atoms with Gasteiger partial charge in [-0.3, -0.25) is 0 Å². The average Bonchev–Trinajstić information content (AvgIpc) is 2.77. The highest BCUT2D eigenvalue weighted by Gasteiger charge is 2.32. The molecule has 2 rings (SSSR count). The number of hydrogen-bond acceptors (Lipinski definition) is 3. The van der Waals surface area contributed by atoms with Crippen LogP contribution in [0.3, 0.4) is 0 Å². The van der Waals surface area contributed by atoms with Crippen LogP contribution in [0.4, 0.5) is 0 Å². The van der Waals surface area contributed by atoms with Crippen molar-refractivity contribution >= 4 is 19.9 Å². The van der Waals surface area contributed by atoms with Crippen LogP contribution in [0.1, 0.15) is 26.3 Å². The molecule has 0 amide bonds. The molecule has 0 radical (unpaired) electrons. The molecule has 0 bridgehead atoms. The number of benzene rings is 1. The number of para-hydroxylation sites is 1. The maximum atomic E-state index is 11.9. The van der Waals surface area contributed by atoms with Gasteiger partial charge < -0.3 is 9.16 Å². The van der Waals surface area contributed by atoms with Crippen LogP contribution in [-0.2, 0) is 9.22 Å². The summed E-state index contributed by atoms with van der Waals surface area (Å²) < 4.78 is 11.3. The van der Waals surface area contributed by atoms with Crippen molar-refractivity contribution in [2.75, 3.05) is 0 Å². The smallest absolute Gasteiger partial charge is 0.347 e. The zero-order valence-electron chi connectivity index (χ0n) is 11.7. The van der Waals surface area contributed by atoms with Crippen LogP contribution in [0.15, 0.2) is 30.5 Å². The molecular weight excluding hydrogens is 256 g/mol. The predicted octanol–water partition coefficient (Wildman–Crippen LogP) is 3.97. The first-order valence-corrected chi connectivity index (χ1v) is 9.38. The van der Waals surface area contributed by atoms with E-state index in [0.717, 1.165) is 23.7 Å². The highest BCUT2D eigenvalue weighted by Crippen LogP contribution is 2.34. The number of carbonyl (C=O) groups is 1. The number of fused-ring (bicyclic) bond motifs is 1. The van der Waals surface area contributed by atoms with Gasteiger partial charge in [0, 0.05) is 5.56 Å². The average molecular weight is 276 g/mol. The lowest BCUT2D eigenvalue weighted by Gasteiger charge is -2.26. The summed E-state index contributed by atoms with van der Waals surface area (Å²) in [6.45, 7) is 6.50. The molecule has 102 valence electrons. The Balaban J connectivity index is 2.27. The predicted molar refractivity (Wildman–Crippen MR) is 78.3 cm³/mol. The van der Waals surface area contributed by atoms with Gasteiger partial charge in [0.05, 0.1) is 6.26 Å². The van der Waals surface area contributed by atoms with Crippen LogP contribution < -0.4 is 4.74 Å². The fraction of sp³-hybridized carbons (Fsp3) is 0.400. The third-order valence-electron chi connectivity index (χ3n) is 3.96. The molecule has 1 aromatic rings. The summed E-state index contributed by atoms with van der Waals surface area (Å²) >= 11 is 0. The van der Waals surface area contributed by atoms with Gasteiger partial charge in [0.1, 0.15) is 11.3 Å². The maximum absolute atomic E-state index is 11.9. The Kier molecular flexibility index (Phi) is 4.10. The Bertz CT molecular complexity index is 496. The van der Waals surface area contributed by atoms with E-state index in [1.165, 1.54) is 0 Å². The van der Waals surface area contributed by atoms with Crippen molar-refractivity contribution in [1.29, 1.82) is 0 Å². The summed E-state index contributed by atoms with van der Waals surface area (Å²) in [7, 11) is -1.72. The highest BCUT2D eigenvalue weighted by atomic mass is 28.4. The zero-order chi connectivity index (χ0) is 13.9. The van der Waals surface area contributed by atoms with Crippen LogP contribution in [0.2, 0.25) is 18.1 Å². The molecule has 1 heterocycles. The van der Waals surface area contributed by atoms with Gasteiger partial charge in [-0.15, -0.1) is 0 Å². The van der Waals surface area contributed by atoms with Crippen LogP contribution in [-0.4, -0.2) is 14.3 Å². The minimum absolute atomic E-state index is 0.313. The fourth-order valence-corrected chi connectivity index (χ4v) is 4.71. The molecule has 0 saturated carbocycles. The van der Waals surface area contributed by atoms with Crippen LogP contribution in [0.25, 0.3) is 5.57 Å². The first kappa shape index (κ1) is 13.9. The number of carbonyl (C=O) groups excluding carboxylic acids is 1. The van der Waals surface area contributed by atoms with Gasteiger partial charge in [-0.2, -0.15) is 0 Å². The van der Waals surface area contributed by atoms with Gasteiger partial charge in [0.15, 0.2) is 0 Å². The van der Waals surface area contributed by atoms with E-state index < -0.39 is 8.32 Å². The second-order valence-corrected chi connectivity index (χ2v) is 9.50. The van der Waals surface area contributed by atoms with Crippen LogP contribution >= 0.6 is 0 Å². The van der Waals surface area contributed by atoms with Gasteiger partial charge in [-0.1, -0.05) is 39.0 Å². The lowest BCUT2D eigenvalue weighted by Crippen LogP contribution is -2.33. The second kappa shape index (κ2) is 5.61. The van der Waals surface area contributed by atoms with E-state index in [-0.39, 0.29) is 5.97 Å². The molecule has 19 heavy (non-hydrogen) atoms. The number of esters is 1. The largest absolute Gasteiger partial charge is 0.548 e. The monoisotopic (exact) mass is 276 g/mol.